The number of hydrogen-bond acceptors (Lipinski definition) is 4. The molecule has 0 saturated heterocycles. The molecule has 0 N–H and O–H groups in total. The summed E-state index contributed by atoms with van der Waals surface area (Å²) in [5, 5.41) is 2.03. The van der Waals surface area contributed by atoms with Crippen LogP contribution in [0.4, 0.5) is 4.39 Å². The average Bonchev–Trinajstić information content (AvgIpc) is 2.81. The van der Waals surface area contributed by atoms with Crippen LogP contribution in [-0.2, 0) is 16.1 Å². The number of halogens is 2. The van der Waals surface area contributed by atoms with Crippen LogP contribution >= 0.6 is 23.4 Å². The number of fused-ring (bicyclic) bond motifs is 2. The molecule has 0 amide bonds. The molecule has 0 aliphatic heterocycles. The van der Waals surface area contributed by atoms with Crippen molar-refractivity contribution in [3.05, 3.63) is 100 Å². The summed E-state index contributed by atoms with van der Waals surface area (Å²) >= 11 is 7.31. The van der Waals surface area contributed by atoms with Crippen LogP contribution in [0.15, 0.2) is 77.7 Å². The van der Waals surface area contributed by atoms with Crippen molar-refractivity contribution < 1.29 is 18.7 Å². The highest BCUT2D eigenvalue weighted by Gasteiger charge is 2.25. The van der Waals surface area contributed by atoms with Gasteiger partial charge in [0.2, 0.25) is 0 Å². The highest BCUT2D eigenvalue weighted by Crippen LogP contribution is 2.42. The molecule has 0 spiro atoms. The Balaban J connectivity index is 1.39. The number of carbonyl (C=O) groups excluding carboxylic acids is 2. The molecule has 0 heterocycles. The van der Waals surface area contributed by atoms with Crippen LogP contribution in [0.1, 0.15) is 21.5 Å². The highest BCUT2D eigenvalue weighted by molar-refractivity contribution is 8.00. The summed E-state index contributed by atoms with van der Waals surface area (Å²) in [6.45, 7) is -0.222. The fourth-order valence-corrected chi connectivity index (χ4v) is 5.05. The SMILES string of the molecule is O=C(CSc1ccc2c3c(cccc13)C(=O)c1ccccc1-2)OCc1c(F)cccc1Cl. The van der Waals surface area contributed by atoms with Crippen LogP contribution in [0, 0.1) is 5.82 Å². The zero-order valence-electron chi connectivity index (χ0n) is 16.7. The predicted octanol–water partition coefficient (Wildman–Crippen LogP) is 6.68. The van der Waals surface area contributed by atoms with Gasteiger partial charge in [0, 0.05) is 27.0 Å². The minimum atomic E-state index is -0.508. The third kappa shape index (κ3) is 3.57. The third-order valence-electron chi connectivity index (χ3n) is 5.49. The summed E-state index contributed by atoms with van der Waals surface area (Å²) in [7, 11) is 0. The van der Waals surface area contributed by atoms with Gasteiger partial charge in [-0.05, 0) is 34.7 Å². The predicted molar refractivity (Wildman–Crippen MR) is 125 cm³/mol. The number of benzene rings is 4. The Labute approximate surface area is 193 Å². The Kier molecular flexibility index (Phi) is 5.45. The van der Waals surface area contributed by atoms with E-state index in [9.17, 15) is 14.0 Å². The molecule has 0 aromatic heterocycles. The largest absolute Gasteiger partial charge is 0.460 e. The summed E-state index contributed by atoms with van der Waals surface area (Å²) in [5.41, 5.74) is 3.44. The maximum Gasteiger partial charge on any atom is 0.316 e. The minimum Gasteiger partial charge on any atom is -0.460 e. The van der Waals surface area contributed by atoms with Crippen LogP contribution in [0.2, 0.25) is 5.02 Å². The van der Waals surface area contributed by atoms with Crippen LogP contribution in [0.25, 0.3) is 21.9 Å². The lowest BCUT2D eigenvalue weighted by atomic mass is 9.83. The molecule has 0 atom stereocenters. The average molecular weight is 463 g/mol. The third-order valence-corrected chi connectivity index (χ3v) is 6.89. The van der Waals surface area contributed by atoms with Gasteiger partial charge in [0.05, 0.1) is 10.8 Å². The van der Waals surface area contributed by atoms with E-state index in [-0.39, 0.29) is 28.7 Å². The van der Waals surface area contributed by atoms with Crippen molar-refractivity contribution in [2.24, 2.45) is 0 Å². The number of carbonyl (C=O) groups is 2. The molecule has 3 nitrogen and oxygen atoms in total. The lowest BCUT2D eigenvalue weighted by Crippen LogP contribution is -2.10. The van der Waals surface area contributed by atoms with Crippen molar-refractivity contribution in [2.75, 3.05) is 5.75 Å². The molecule has 5 rings (SSSR count). The molecule has 4 aromatic carbocycles. The van der Waals surface area contributed by atoms with Crippen LogP contribution in [-0.4, -0.2) is 17.5 Å². The van der Waals surface area contributed by atoms with Gasteiger partial charge in [0.1, 0.15) is 12.4 Å². The standard InChI is InChI=1S/C26H16ClFO3S/c27-21-9-4-10-22(28)20(21)13-31-24(29)14-32-23-12-11-16-15-5-1-2-6-17(15)26(30)19-8-3-7-18(23)25(16)19/h1-12H,13-14H2. The van der Waals surface area contributed by atoms with E-state index in [1.54, 1.807) is 6.07 Å². The zero-order chi connectivity index (χ0) is 22.2. The molecule has 1 aliphatic carbocycles. The number of hydrogen-bond donors (Lipinski definition) is 0. The van der Waals surface area contributed by atoms with E-state index in [1.165, 1.54) is 23.9 Å². The highest BCUT2D eigenvalue weighted by atomic mass is 35.5. The molecule has 32 heavy (non-hydrogen) atoms. The van der Waals surface area contributed by atoms with Crippen LogP contribution < -0.4 is 0 Å². The summed E-state index contributed by atoms with van der Waals surface area (Å²) in [6.07, 6.45) is 0. The van der Waals surface area contributed by atoms with Gasteiger partial charge in [-0.3, -0.25) is 9.59 Å². The van der Waals surface area contributed by atoms with Gasteiger partial charge in [-0.1, -0.05) is 66.2 Å². The Bertz CT molecular complexity index is 1380. The van der Waals surface area contributed by atoms with E-state index in [4.69, 9.17) is 16.3 Å². The minimum absolute atomic E-state index is 0.00188. The Hall–Kier alpha value is -3.15. The van der Waals surface area contributed by atoms with Crippen molar-refractivity contribution in [3.63, 3.8) is 0 Å². The van der Waals surface area contributed by atoms with Crippen molar-refractivity contribution in [3.8, 4) is 11.1 Å². The number of thioether (sulfide) groups is 1. The number of ether oxygens (including phenoxy) is 1. The first-order valence-electron chi connectivity index (χ1n) is 9.95. The quantitative estimate of drug-likeness (QED) is 0.216. The van der Waals surface area contributed by atoms with Crippen molar-refractivity contribution in [1.82, 2.24) is 0 Å². The normalized spacial score (nSPS) is 12.0. The molecule has 158 valence electrons. The monoisotopic (exact) mass is 462 g/mol. The fraction of sp³-hybridized carbons (Fsp3) is 0.0769. The van der Waals surface area contributed by atoms with Gasteiger partial charge in [-0.25, -0.2) is 4.39 Å². The first-order valence-corrected chi connectivity index (χ1v) is 11.3. The van der Waals surface area contributed by atoms with Crippen LogP contribution in [0.3, 0.4) is 0 Å². The Morgan fingerprint density at radius 3 is 2.44 bits per heavy atom. The van der Waals surface area contributed by atoms with E-state index in [1.807, 2.05) is 54.6 Å². The maximum atomic E-state index is 13.9. The van der Waals surface area contributed by atoms with Gasteiger partial charge in [0.15, 0.2) is 5.78 Å². The maximum absolute atomic E-state index is 13.9. The van der Waals surface area contributed by atoms with Gasteiger partial charge < -0.3 is 4.74 Å². The lowest BCUT2D eigenvalue weighted by molar-refractivity contribution is -0.141. The molecule has 0 saturated carbocycles. The van der Waals surface area contributed by atoms with E-state index in [2.05, 4.69) is 0 Å². The lowest BCUT2D eigenvalue weighted by Gasteiger charge is -2.21. The van der Waals surface area contributed by atoms with Crippen LogP contribution in [0.5, 0.6) is 0 Å². The van der Waals surface area contributed by atoms with E-state index in [0.717, 1.165) is 26.8 Å². The van der Waals surface area contributed by atoms with Crippen molar-refractivity contribution in [2.45, 2.75) is 11.5 Å². The topological polar surface area (TPSA) is 43.4 Å². The zero-order valence-corrected chi connectivity index (χ0v) is 18.3. The summed E-state index contributed by atoms with van der Waals surface area (Å²) < 4.78 is 19.1. The molecule has 6 heteroatoms. The second kappa shape index (κ2) is 8.41. The number of ketones is 1. The Morgan fingerprint density at radius 2 is 1.62 bits per heavy atom. The second-order valence-electron chi connectivity index (χ2n) is 7.36. The van der Waals surface area contributed by atoms with E-state index >= 15 is 0 Å². The second-order valence-corrected chi connectivity index (χ2v) is 8.79. The Morgan fingerprint density at radius 1 is 0.875 bits per heavy atom. The van der Waals surface area contributed by atoms with Gasteiger partial charge in [0.25, 0.3) is 0 Å². The number of esters is 1. The summed E-state index contributed by atoms with van der Waals surface area (Å²) in [4.78, 5) is 26.2. The van der Waals surface area contributed by atoms with E-state index < -0.39 is 11.8 Å². The molecule has 4 aromatic rings. The van der Waals surface area contributed by atoms with E-state index in [0.29, 0.717) is 11.1 Å². The first kappa shape index (κ1) is 20.7. The van der Waals surface area contributed by atoms with Gasteiger partial charge in [-0.15, -0.1) is 11.8 Å². The number of rotatable bonds is 5. The molecular formula is C26H16ClFO3S. The van der Waals surface area contributed by atoms with Crippen molar-refractivity contribution in [1.29, 1.82) is 0 Å². The molecular weight excluding hydrogens is 447 g/mol. The molecule has 1 aliphatic rings. The molecule has 0 unspecified atom stereocenters. The first-order chi connectivity index (χ1) is 15.5. The summed E-state index contributed by atoms with van der Waals surface area (Å²) in [5.74, 6) is -0.931. The van der Waals surface area contributed by atoms with Crippen molar-refractivity contribution >= 4 is 45.9 Å². The van der Waals surface area contributed by atoms with Gasteiger partial charge >= 0.3 is 5.97 Å². The smallest absolute Gasteiger partial charge is 0.316 e. The van der Waals surface area contributed by atoms with Gasteiger partial charge in [-0.2, -0.15) is 0 Å². The fourth-order valence-electron chi connectivity index (χ4n) is 3.98. The molecule has 0 radical (unpaired) electrons. The molecule has 0 fully saturated rings. The molecule has 0 bridgehead atoms. The summed E-state index contributed by atoms with van der Waals surface area (Å²) in [6, 6.07) is 21.5.